The number of Topliss-reactive ketones (excluding diaryl/α,β-unsaturated/α-hetero) is 1. The number of ketones is 1. The first-order valence-corrected chi connectivity index (χ1v) is 8.06. The number of allylic oxidation sites excluding steroid dienone is 2. The molecule has 3 heteroatoms. The highest BCUT2D eigenvalue weighted by atomic mass is 16.5. The van der Waals surface area contributed by atoms with E-state index in [9.17, 15) is 9.90 Å². The van der Waals surface area contributed by atoms with Gasteiger partial charge < -0.3 is 9.84 Å². The molecule has 0 fully saturated rings. The molecular weight excluding hydrogens is 300 g/mol. The van der Waals surface area contributed by atoms with Crippen LogP contribution in [0.2, 0.25) is 0 Å². The van der Waals surface area contributed by atoms with E-state index in [0.717, 1.165) is 29.7 Å². The van der Waals surface area contributed by atoms with Crippen molar-refractivity contribution in [3.63, 3.8) is 0 Å². The van der Waals surface area contributed by atoms with E-state index in [1.807, 2.05) is 48.5 Å². The van der Waals surface area contributed by atoms with Gasteiger partial charge in [0, 0.05) is 11.1 Å². The topological polar surface area (TPSA) is 46.5 Å². The first-order valence-electron chi connectivity index (χ1n) is 8.06. The molecule has 0 unspecified atom stereocenters. The third-order valence-electron chi connectivity index (χ3n) is 4.23. The fraction of sp³-hybridized carbons (Fsp3) is 0.190. The van der Waals surface area contributed by atoms with Crippen molar-refractivity contribution in [3.8, 4) is 5.75 Å². The lowest BCUT2D eigenvalue weighted by Crippen LogP contribution is -2.12. The summed E-state index contributed by atoms with van der Waals surface area (Å²) in [5.41, 5.74) is 2.91. The lowest BCUT2D eigenvalue weighted by atomic mass is 9.88. The predicted molar refractivity (Wildman–Crippen MR) is 95.2 cm³/mol. The van der Waals surface area contributed by atoms with E-state index in [0.29, 0.717) is 17.6 Å². The Kier molecular flexibility index (Phi) is 4.80. The molecule has 0 aliphatic heterocycles. The molecule has 1 aliphatic carbocycles. The minimum absolute atomic E-state index is 0.0894. The van der Waals surface area contributed by atoms with E-state index in [-0.39, 0.29) is 11.5 Å². The normalized spacial score (nSPS) is 16.3. The molecule has 2 aromatic rings. The highest BCUT2D eigenvalue weighted by molar-refractivity contribution is 6.09. The van der Waals surface area contributed by atoms with Crippen LogP contribution >= 0.6 is 0 Å². The van der Waals surface area contributed by atoms with Crippen LogP contribution in [-0.2, 0) is 0 Å². The van der Waals surface area contributed by atoms with E-state index in [2.05, 4.69) is 0 Å². The lowest BCUT2D eigenvalue weighted by molar-refractivity contribution is 0.102. The highest BCUT2D eigenvalue weighted by Crippen LogP contribution is 2.31. The summed E-state index contributed by atoms with van der Waals surface area (Å²) in [7, 11) is 1.63. The maximum Gasteiger partial charge on any atom is 0.192 e. The maximum absolute atomic E-state index is 12.6. The van der Waals surface area contributed by atoms with Gasteiger partial charge in [0.1, 0.15) is 11.5 Å². The summed E-state index contributed by atoms with van der Waals surface area (Å²) < 4.78 is 5.15. The van der Waals surface area contributed by atoms with Crippen LogP contribution in [0.15, 0.2) is 71.5 Å². The Morgan fingerprint density at radius 3 is 2.42 bits per heavy atom. The van der Waals surface area contributed by atoms with Crippen LogP contribution in [0.4, 0.5) is 0 Å². The van der Waals surface area contributed by atoms with Crippen LogP contribution in [0, 0.1) is 0 Å². The van der Waals surface area contributed by atoms with E-state index >= 15 is 0 Å². The van der Waals surface area contributed by atoms with Gasteiger partial charge in [-0.3, -0.25) is 4.79 Å². The largest absolute Gasteiger partial charge is 0.507 e. The molecule has 3 rings (SSSR count). The summed E-state index contributed by atoms with van der Waals surface area (Å²) in [4.78, 5) is 12.6. The standard InChI is InChI=1S/C21H20O3/c1-24-18-12-10-15(11-13-18)14-17-8-5-9-19(21(17)23)20(22)16-6-3-2-4-7-16/h2-4,6-7,10-14,23H,5,8-9H2,1H3. The number of aliphatic hydroxyl groups excluding tert-OH is 1. The molecule has 3 nitrogen and oxygen atoms in total. The average molecular weight is 320 g/mol. The SMILES string of the molecule is COc1ccc(C=C2CCCC(C(=O)c3ccccc3)=C2O)cc1. The number of aliphatic hydroxyl groups is 1. The molecular formula is C21H20O3. The Balaban J connectivity index is 1.91. The monoisotopic (exact) mass is 320 g/mol. The van der Waals surface area contributed by atoms with Gasteiger partial charge in [-0.2, -0.15) is 0 Å². The van der Waals surface area contributed by atoms with E-state index in [1.54, 1.807) is 19.2 Å². The Morgan fingerprint density at radius 2 is 1.75 bits per heavy atom. The Bertz CT molecular complexity index is 784. The fourth-order valence-electron chi connectivity index (χ4n) is 2.91. The zero-order valence-corrected chi connectivity index (χ0v) is 13.7. The molecule has 24 heavy (non-hydrogen) atoms. The van der Waals surface area contributed by atoms with Crippen LogP contribution in [-0.4, -0.2) is 18.0 Å². The first-order chi connectivity index (χ1) is 11.7. The minimum atomic E-state index is -0.0894. The molecule has 2 aromatic carbocycles. The first kappa shape index (κ1) is 16.1. The Labute approximate surface area is 141 Å². The number of methoxy groups -OCH3 is 1. The average Bonchev–Trinajstić information content (AvgIpc) is 2.64. The number of carbonyl (C=O) groups is 1. The van der Waals surface area contributed by atoms with Gasteiger partial charge in [0.15, 0.2) is 5.78 Å². The van der Waals surface area contributed by atoms with Crippen LogP contribution < -0.4 is 4.74 Å². The molecule has 122 valence electrons. The predicted octanol–water partition coefficient (Wildman–Crippen LogP) is 4.96. The zero-order chi connectivity index (χ0) is 16.9. The van der Waals surface area contributed by atoms with Crippen molar-refractivity contribution in [1.82, 2.24) is 0 Å². The van der Waals surface area contributed by atoms with Crippen molar-refractivity contribution in [2.24, 2.45) is 0 Å². The zero-order valence-electron chi connectivity index (χ0n) is 13.7. The summed E-state index contributed by atoms with van der Waals surface area (Å²) in [6.07, 6.45) is 4.18. The summed E-state index contributed by atoms with van der Waals surface area (Å²) in [5, 5.41) is 10.6. The van der Waals surface area contributed by atoms with Crippen molar-refractivity contribution >= 4 is 11.9 Å². The molecule has 0 bridgehead atoms. The number of benzene rings is 2. The van der Waals surface area contributed by atoms with Gasteiger partial charge in [-0.25, -0.2) is 0 Å². The quantitative estimate of drug-likeness (QED) is 0.810. The smallest absolute Gasteiger partial charge is 0.192 e. The number of hydrogen-bond acceptors (Lipinski definition) is 3. The fourth-order valence-corrected chi connectivity index (χ4v) is 2.91. The van der Waals surface area contributed by atoms with E-state index in [1.165, 1.54) is 0 Å². The molecule has 0 spiro atoms. The van der Waals surface area contributed by atoms with Crippen LogP contribution in [0.3, 0.4) is 0 Å². The highest BCUT2D eigenvalue weighted by Gasteiger charge is 2.23. The van der Waals surface area contributed by atoms with Crippen molar-refractivity contribution < 1.29 is 14.6 Å². The van der Waals surface area contributed by atoms with E-state index in [4.69, 9.17) is 4.74 Å². The Morgan fingerprint density at radius 1 is 1.04 bits per heavy atom. The third kappa shape index (κ3) is 3.40. The second-order valence-corrected chi connectivity index (χ2v) is 5.82. The van der Waals surface area contributed by atoms with Crippen molar-refractivity contribution in [2.45, 2.75) is 19.3 Å². The number of carbonyl (C=O) groups excluding carboxylic acids is 1. The number of hydrogen-bond donors (Lipinski definition) is 1. The molecule has 0 atom stereocenters. The van der Waals surface area contributed by atoms with Gasteiger partial charge in [0.25, 0.3) is 0 Å². The molecule has 0 heterocycles. The van der Waals surface area contributed by atoms with Gasteiger partial charge in [0.2, 0.25) is 0 Å². The summed E-state index contributed by atoms with van der Waals surface area (Å²) in [6, 6.07) is 16.7. The van der Waals surface area contributed by atoms with Crippen molar-refractivity contribution in [3.05, 3.63) is 82.6 Å². The van der Waals surface area contributed by atoms with Crippen molar-refractivity contribution in [1.29, 1.82) is 0 Å². The van der Waals surface area contributed by atoms with E-state index < -0.39 is 0 Å². The molecule has 0 radical (unpaired) electrons. The third-order valence-corrected chi connectivity index (χ3v) is 4.23. The van der Waals surface area contributed by atoms with Gasteiger partial charge in [-0.1, -0.05) is 42.5 Å². The summed E-state index contributed by atoms with van der Waals surface area (Å²) in [5.74, 6) is 0.833. The van der Waals surface area contributed by atoms with Gasteiger partial charge in [-0.15, -0.1) is 0 Å². The molecule has 0 saturated heterocycles. The van der Waals surface area contributed by atoms with Gasteiger partial charge in [-0.05, 0) is 48.6 Å². The Hall–Kier alpha value is -2.81. The second-order valence-electron chi connectivity index (χ2n) is 5.82. The summed E-state index contributed by atoms with van der Waals surface area (Å²) >= 11 is 0. The molecule has 1 N–H and O–H groups in total. The van der Waals surface area contributed by atoms with Crippen LogP contribution in [0.25, 0.3) is 6.08 Å². The lowest BCUT2D eigenvalue weighted by Gasteiger charge is -2.18. The second kappa shape index (κ2) is 7.18. The number of ether oxygens (including phenoxy) is 1. The van der Waals surface area contributed by atoms with Crippen LogP contribution in [0.1, 0.15) is 35.2 Å². The molecule has 0 aromatic heterocycles. The van der Waals surface area contributed by atoms with Gasteiger partial charge >= 0.3 is 0 Å². The minimum Gasteiger partial charge on any atom is -0.507 e. The number of rotatable bonds is 4. The van der Waals surface area contributed by atoms with Crippen molar-refractivity contribution in [2.75, 3.05) is 7.11 Å². The molecule has 1 aliphatic rings. The maximum atomic E-state index is 12.6. The molecule has 0 amide bonds. The summed E-state index contributed by atoms with van der Waals surface area (Å²) in [6.45, 7) is 0. The molecule has 0 saturated carbocycles. The van der Waals surface area contributed by atoms with Gasteiger partial charge in [0.05, 0.1) is 7.11 Å². The van der Waals surface area contributed by atoms with Crippen LogP contribution in [0.5, 0.6) is 5.75 Å².